The molecule has 0 bridgehead atoms. The van der Waals surface area contributed by atoms with Crippen molar-refractivity contribution in [1.82, 2.24) is 14.8 Å². The maximum absolute atomic E-state index is 12.5. The van der Waals surface area contributed by atoms with Crippen molar-refractivity contribution < 1.29 is 9.90 Å². The van der Waals surface area contributed by atoms with E-state index >= 15 is 0 Å². The largest absolute Gasteiger partial charge is 0.395 e. The van der Waals surface area contributed by atoms with Gasteiger partial charge in [-0.2, -0.15) is 0 Å². The number of nitrogens with zero attached hydrogens (tertiary/aromatic N) is 3. The van der Waals surface area contributed by atoms with E-state index in [1.54, 1.807) is 11.3 Å². The molecule has 0 radical (unpaired) electrons. The third-order valence-electron chi connectivity index (χ3n) is 6.24. The van der Waals surface area contributed by atoms with E-state index in [0.29, 0.717) is 5.91 Å². The smallest absolute Gasteiger partial charge is 0.225 e. The van der Waals surface area contributed by atoms with Gasteiger partial charge in [0.25, 0.3) is 0 Å². The topological polar surface area (TPSA) is 56.7 Å². The lowest BCUT2D eigenvalue weighted by atomic mass is 9.60. The van der Waals surface area contributed by atoms with Gasteiger partial charge in [0.2, 0.25) is 5.91 Å². The highest BCUT2D eigenvalue weighted by Crippen LogP contribution is 2.55. The van der Waals surface area contributed by atoms with Gasteiger partial charge in [-0.05, 0) is 18.4 Å². The van der Waals surface area contributed by atoms with Crippen molar-refractivity contribution in [3.63, 3.8) is 0 Å². The zero-order valence-electron chi connectivity index (χ0n) is 14.6. The minimum Gasteiger partial charge on any atom is -0.395 e. The molecule has 1 amide bonds. The maximum atomic E-state index is 12.5. The summed E-state index contributed by atoms with van der Waals surface area (Å²) in [5, 5.41) is 13.2. The van der Waals surface area contributed by atoms with Crippen LogP contribution in [0.15, 0.2) is 41.9 Å². The monoisotopic (exact) mass is 369 g/mol. The summed E-state index contributed by atoms with van der Waals surface area (Å²) >= 11 is 1.65. The number of benzene rings is 1. The Bertz CT molecular complexity index is 785. The Hall–Kier alpha value is -1.76. The number of aliphatic hydroxyl groups excluding tert-OH is 1. The highest BCUT2D eigenvalue weighted by molar-refractivity contribution is 7.09. The van der Waals surface area contributed by atoms with Gasteiger partial charge in [-0.1, -0.05) is 30.3 Å². The highest BCUT2D eigenvalue weighted by Gasteiger charge is 2.66. The van der Waals surface area contributed by atoms with Crippen LogP contribution in [0, 0.1) is 5.92 Å². The zero-order chi connectivity index (χ0) is 17.7. The van der Waals surface area contributed by atoms with Gasteiger partial charge >= 0.3 is 0 Å². The van der Waals surface area contributed by atoms with Crippen LogP contribution in [0.25, 0.3) is 0 Å². The SMILES string of the molecule is O=C(C1CC1)N1CC2(C1)[C@H](c1ccccc1)[C@H](CO)N2Cc1nccs1. The van der Waals surface area contributed by atoms with Crippen LogP contribution >= 0.6 is 11.3 Å². The van der Waals surface area contributed by atoms with Crippen molar-refractivity contribution in [1.29, 1.82) is 0 Å². The number of amides is 1. The molecule has 6 heteroatoms. The molecule has 2 saturated heterocycles. The lowest BCUT2D eigenvalue weighted by molar-refractivity contribution is -0.200. The molecule has 1 spiro atoms. The number of hydrogen-bond donors (Lipinski definition) is 1. The van der Waals surface area contributed by atoms with Gasteiger partial charge in [0.15, 0.2) is 0 Å². The van der Waals surface area contributed by atoms with E-state index < -0.39 is 0 Å². The third kappa shape index (κ3) is 2.43. The summed E-state index contributed by atoms with van der Waals surface area (Å²) in [6.45, 7) is 2.41. The first-order valence-corrected chi connectivity index (χ1v) is 10.2. The number of carbonyl (C=O) groups excluding carboxylic acids is 1. The maximum Gasteiger partial charge on any atom is 0.225 e. The molecule has 26 heavy (non-hydrogen) atoms. The minimum atomic E-state index is -0.0645. The molecule has 136 valence electrons. The summed E-state index contributed by atoms with van der Waals surface area (Å²) in [5.41, 5.74) is 1.20. The summed E-state index contributed by atoms with van der Waals surface area (Å²) in [6.07, 6.45) is 3.93. The van der Waals surface area contributed by atoms with Crippen LogP contribution in [0.2, 0.25) is 0 Å². The zero-order valence-corrected chi connectivity index (χ0v) is 15.4. The Kier molecular flexibility index (Phi) is 3.88. The van der Waals surface area contributed by atoms with Crippen LogP contribution in [0.5, 0.6) is 0 Å². The quantitative estimate of drug-likeness (QED) is 0.877. The number of thiazole rings is 1. The average Bonchev–Trinajstić information content (AvgIpc) is 3.34. The van der Waals surface area contributed by atoms with Crippen LogP contribution < -0.4 is 0 Å². The summed E-state index contributed by atoms with van der Waals surface area (Å²) in [5.74, 6) is 0.852. The van der Waals surface area contributed by atoms with E-state index in [4.69, 9.17) is 0 Å². The van der Waals surface area contributed by atoms with Crippen LogP contribution in [0.1, 0.15) is 29.3 Å². The van der Waals surface area contributed by atoms with Gasteiger partial charge in [0.05, 0.1) is 18.7 Å². The number of aromatic nitrogens is 1. The molecule has 5 rings (SSSR count). The lowest BCUT2D eigenvalue weighted by Crippen LogP contribution is -2.84. The fraction of sp³-hybridized carbons (Fsp3) is 0.500. The molecule has 1 aliphatic carbocycles. The second-order valence-electron chi connectivity index (χ2n) is 7.76. The Morgan fingerprint density at radius 3 is 2.65 bits per heavy atom. The predicted octanol–water partition coefficient (Wildman–Crippen LogP) is 2.09. The van der Waals surface area contributed by atoms with E-state index in [1.165, 1.54) is 5.56 Å². The number of rotatable bonds is 5. The van der Waals surface area contributed by atoms with Gasteiger partial charge in [-0.15, -0.1) is 11.3 Å². The normalized spacial score (nSPS) is 27.2. The average molecular weight is 369 g/mol. The highest BCUT2D eigenvalue weighted by atomic mass is 32.1. The van der Waals surface area contributed by atoms with Gasteiger partial charge in [-0.25, -0.2) is 4.98 Å². The molecule has 2 aliphatic heterocycles. The Morgan fingerprint density at radius 1 is 1.27 bits per heavy atom. The third-order valence-corrected chi connectivity index (χ3v) is 7.00. The van der Waals surface area contributed by atoms with E-state index in [2.05, 4.69) is 34.1 Å². The van der Waals surface area contributed by atoms with Crippen LogP contribution in [-0.2, 0) is 11.3 Å². The van der Waals surface area contributed by atoms with Gasteiger partial charge in [0.1, 0.15) is 5.01 Å². The first kappa shape index (κ1) is 16.4. The molecule has 2 atom stereocenters. The van der Waals surface area contributed by atoms with Crippen molar-refractivity contribution in [3.05, 3.63) is 52.5 Å². The molecule has 3 fully saturated rings. The summed E-state index contributed by atoms with van der Waals surface area (Å²) in [7, 11) is 0. The molecule has 5 nitrogen and oxygen atoms in total. The number of carbonyl (C=O) groups is 1. The predicted molar refractivity (Wildman–Crippen MR) is 99.7 cm³/mol. The number of aliphatic hydroxyl groups is 1. The molecule has 3 heterocycles. The fourth-order valence-electron chi connectivity index (χ4n) is 4.85. The Balaban J connectivity index is 1.43. The fourth-order valence-corrected chi connectivity index (χ4v) is 5.46. The summed E-state index contributed by atoms with van der Waals surface area (Å²) in [4.78, 5) is 21.3. The first-order chi connectivity index (χ1) is 12.7. The van der Waals surface area contributed by atoms with Crippen molar-refractivity contribution in [2.24, 2.45) is 5.92 Å². The molecule has 2 aromatic rings. The van der Waals surface area contributed by atoms with Crippen molar-refractivity contribution in [2.75, 3.05) is 19.7 Å². The summed E-state index contributed by atoms with van der Waals surface area (Å²) < 4.78 is 0. The molecule has 0 unspecified atom stereocenters. The van der Waals surface area contributed by atoms with Crippen LogP contribution in [-0.4, -0.2) is 57.1 Å². The lowest BCUT2D eigenvalue weighted by Gasteiger charge is -2.70. The van der Waals surface area contributed by atoms with Crippen molar-refractivity contribution >= 4 is 17.2 Å². The Morgan fingerprint density at radius 2 is 2.04 bits per heavy atom. The van der Waals surface area contributed by atoms with Gasteiger partial charge in [-0.3, -0.25) is 9.69 Å². The van der Waals surface area contributed by atoms with Crippen molar-refractivity contribution in [2.45, 2.75) is 36.9 Å². The van der Waals surface area contributed by atoms with E-state index in [0.717, 1.165) is 37.5 Å². The standard InChI is InChI=1S/C20H23N3O2S/c24-11-16-18(14-4-2-1-3-5-14)20(23(16)10-17-21-8-9-26-17)12-22(13-20)19(25)15-6-7-15/h1-5,8-9,15-16,18,24H,6-7,10-13H2/t16-,18+/m0/s1. The second-order valence-corrected chi connectivity index (χ2v) is 8.74. The molecular weight excluding hydrogens is 346 g/mol. The molecule has 3 aliphatic rings. The number of hydrogen-bond acceptors (Lipinski definition) is 5. The van der Waals surface area contributed by atoms with E-state index in [1.807, 2.05) is 22.5 Å². The second kappa shape index (κ2) is 6.15. The Labute approximate surface area is 157 Å². The molecular formula is C20H23N3O2S. The summed E-state index contributed by atoms with van der Waals surface area (Å²) in [6, 6.07) is 10.5. The minimum absolute atomic E-state index is 0.0645. The van der Waals surface area contributed by atoms with Crippen molar-refractivity contribution in [3.8, 4) is 0 Å². The molecule has 1 aromatic heterocycles. The first-order valence-electron chi connectivity index (χ1n) is 9.32. The molecule has 1 aromatic carbocycles. The van der Waals surface area contributed by atoms with Crippen LogP contribution in [0.3, 0.4) is 0 Å². The van der Waals surface area contributed by atoms with E-state index in [-0.39, 0.29) is 30.0 Å². The van der Waals surface area contributed by atoms with Gasteiger partial charge in [0, 0.05) is 42.5 Å². The van der Waals surface area contributed by atoms with E-state index in [9.17, 15) is 9.90 Å². The van der Waals surface area contributed by atoms with Gasteiger partial charge < -0.3 is 10.0 Å². The molecule has 1 saturated carbocycles. The molecule has 1 N–H and O–H groups in total. The van der Waals surface area contributed by atoms with Crippen LogP contribution in [0.4, 0.5) is 0 Å². The number of likely N-dealkylation sites (tertiary alicyclic amines) is 2.